The molecule has 0 heterocycles. The Morgan fingerprint density at radius 1 is 1.53 bits per heavy atom. The predicted octanol–water partition coefficient (Wildman–Crippen LogP) is 1.17. The van der Waals surface area contributed by atoms with Gasteiger partial charge in [0.1, 0.15) is 0 Å². The molecule has 0 bridgehead atoms. The lowest BCUT2D eigenvalue weighted by Crippen LogP contribution is -2.23. The number of carbonyl (C=O) groups is 1. The standard InChI is InChI=1S/C11H14N2O4/c1-8-3-4-9(5-10(8)13(15)16)6-12-7-11(14)17-2/h3-5,12H,6-7H2,1-2H3. The van der Waals surface area contributed by atoms with Gasteiger partial charge in [-0.05, 0) is 12.5 Å². The van der Waals surface area contributed by atoms with Crippen molar-refractivity contribution in [3.05, 3.63) is 39.4 Å². The van der Waals surface area contributed by atoms with Crippen molar-refractivity contribution in [1.82, 2.24) is 5.32 Å². The fourth-order valence-corrected chi connectivity index (χ4v) is 1.34. The first kappa shape index (κ1) is 13.1. The van der Waals surface area contributed by atoms with Crippen LogP contribution in [-0.4, -0.2) is 24.5 Å². The zero-order valence-corrected chi connectivity index (χ0v) is 9.73. The number of hydrogen-bond donors (Lipinski definition) is 1. The second kappa shape index (κ2) is 5.95. The molecule has 0 aliphatic heterocycles. The molecule has 0 saturated heterocycles. The number of nitrogens with zero attached hydrogens (tertiary/aromatic N) is 1. The third kappa shape index (κ3) is 3.84. The van der Waals surface area contributed by atoms with E-state index in [0.29, 0.717) is 12.1 Å². The average Bonchev–Trinajstić information content (AvgIpc) is 2.30. The molecule has 0 unspecified atom stereocenters. The van der Waals surface area contributed by atoms with Gasteiger partial charge in [-0.2, -0.15) is 0 Å². The summed E-state index contributed by atoms with van der Waals surface area (Å²) in [6, 6.07) is 4.97. The first-order chi connectivity index (χ1) is 8.04. The molecule has 0 spiro atoms. The molecule has 1 rings (SSSR count). The van der Waals surface area contributed by atoms with Crippen molar-refractivity contribution in [3.63, 3.8) is 0 Å². The second-order valence-electron chi connectivity index (χ2n) is 3.56. The zero-order chi connectivity index (χ0) is 12.8. The number of nitro groups is 1. The number of nitrogens with one attached hydrogen (secondary N) is 1. The number of benzene rings is 1. The van der Waals surface area contributed by atoms with E-state index in [1.165, 1.54) is 13.2 Å². The van der Waals surface area contributed by atoms with Crippen LogP contribution in [0.4, 0.5) is 5.69 Å². The molecule has 0 radical (unpaired) electrons. The number of nitro benzene ring substituents is 1. The largest absolute Gasteiger partial charge is 0.468 e. The number of carbonyl (C=O) groups excluding carboxylic acids is 1. The van der Waals surface area contributed by atoms with Crippen molar-refractivity contribution in [2.75, 3.05) is 13.7 Å². The molecule has 17 heavy (non-hydrogen) atoms. The summed E-state index contributed by atoms with van der Waals surface area (Å²) in [7, 11) is 1.31. The third-order valence-electron chi connectivity index (χ3n) is 2.30. The van der Waals surface area contributed by atoms with Crippen molar-refractivity contribution in [2.45, 2.75) is 13.5 Å². The maximum Gasteiger partial charge on any atom is 0.319 e. The Bertz CT molecular complexity index is 431. The molecule has 6 nitrogen and oxygen atoms in total. The van der Waals surface area contributed by atoms with Gasteiger partial charge in [-0.3, -0.25) is 14.9 Å². The SMILES string of the molecule is COC(=O)CNCc1ccc(C)c([N+](=O)[O-])c1. The van der Waals surface area contributed by atoms with Gasteiger partial charge in [0.05, 0.1) is 18.6 Å². The Hall–Kier alpha value is -1.95. The van der Waals surface area contributed by atoms with Gasteiger partial charge in [-0.25, -0.2) is 0 Å². The van der Waals surface area contributed by atoms with Crippen LogP contribution in [0.3, 0.4) is 0 Å². The summed E-state index contributed by atoms with van der Waals surface area (Å²) in [4.78, 5) is 21.1. The number of hydrogen-bond acceptors (Lipinski definition) is 5. The van der Waals surface area contributed by atoms with Gasteiger partial charge in [0.25, 0.3) is 5.69 Å². The monoisotopic (exact) mass is 238 g/mol. The van der Waals surface area contributed by atoms with Crippen molar-refractivity contribution in [1.29, 1.82) is 0 Å². The number of aryl methyl sites for hydroxylation is 1. The molecule has 92 valence electrons. The fraction of sp³-hybridized carbons (Fsp3) is 0.364. The summed E-state index contributed by atoms with van der Waals surface area (Å²) >= 11 is 0. The van der Waals surface area contributed by atoms with Gasteiger partial charge in [-0.1, -0.05) is 12.1 Å². The van der Waals surface area contributed by atoms with E-state index in [0.717, 1.165) is 5.56 Å². The molecular weight excluding hydrogens is 224 g/mol. The second-order valence-corrected chi connectivity index (χ2v) is 3.56. The average molecular weight is 238 g/mol. The highest BCUT2D eigenvalue weighted by Crippen LogP contribution is 2.18. The predicted molar refractivity (Wildman–Crippen MR) is 61.6 cm³/mol. The summed E-state index contributed by atoms with van der Waals surface area (Å²) in [5.41, 5.74) is 1.46. The van der Waals surface area contributed by atoms with Crippen LogP contribution in [0.15, 0.2) is 18.2 Å². The molecule has 0 amide bonds. The van der Waals surface area contributed by atoms with Gasteiger partial charge < -0.3 is 10.1 Å². The van der Waals surface area contributed by atoms with Crippen LogP contribution in [-0.2, 0) is 16.1 Å². The summed E-state index contributed by atoms with van der Waals surface area (Å²) in [6.07, 6.45) is 0. The molecule has 0 aliphatic rings. The Labute approximate surface area is 98.7 Å². The van der Waals surface area contributed by atoms with E-state index in [9.17, 15) is 14.9 Å². The van der Waals surface area contributed by atoms with E-state index in [2.05, 4.69) is 10.1 Å². The van der Waals surface area contributed by atoms with E-state index in [4.69, 9.17) is 0 Å². The maximum absolute atomic E-state index is 10.8. The van der Waals surface area contributed by atoms with Crippen molar-refractivity contribution >= 4 is 11.7 Å². The lowest BCUT2D eigenvalue weighted by Gasteiger charge is -2.04. The Morgan fingerprint density at radius 3 is 2.82 bits per heavy atom. The van der Waals surface area contributed by atoms with Gasteiger partial charge >= 0.3 is 5.97 Å². The van der Waals surface area contributed by atoms with E-state index in [1.807, 2.05) is 0 Å². The quantitative estimate of drug-likeness (QED) is 0.473. The van der Waals surface area contributed by atoms with E-state index in [1.54, 1.807) is 19.1 Å². The number of esters is 1. The van der Waals surface area contributed by atoms with Crippen molar-refractivity contribution in [3.8, 4) is 0 Å². The minimum atomic E-state index is -0.418. The molecule has 0 aromatic heterocycles. The Kier molecular flexibility index (Phi) is 4.59. The van der Waals surface area contributed by atoms with Crippen LogP contribution in [0.5, 0.6) is 0 Å². The van der Waals surface area contributed by atoms with Gasteiger partial charge in [0, 0.05) is 18.2 Å². The van der Waals surface area contributed by atoms with Gasteiger partial charge in [-0.15, -0.1) is 0 Å². The van der Waals surface area contributed by atoms with Crippen molar-refractivity contribution in [2.24, 2.45) is 0 Å². The van der Waals surface area contributed by atoms with E-state index < -0.39 is 4.92 Å². The smallest absolute Gasteiger partial charge is 0.319 e. The highest BCUT2D eigenvalue weighted by molar-refractivity contribution is 5.71. The van der Waals surface area contributed by atoms with Gasteiger partial charge in [0.2, 0.25) is 0 Å². The normalized spacial score (nSPS) is 10.0. The van der Waals surface area contributed by atoms with Crippen LogP contribution < -0.4 is 5.32 Å². The van der Waals surface area contributed by atoms with Crippen LogP contribution in [0.25, 0.3) is 0 Å². The Morgan fingerprint density at radius 2 is 2.24 bits per heavy atom. The molecular formula is C11H14N2O4. The molecule has 0 aliphatic carbocycles. The highest BCUT2D eigenvalue weighted by atomic mass is 16.6. The number of rotatable bonds is 5. The van der Waals surface area contributed by atoms with Crippen LogP contribution >= 0.6 is 0 Å². The molecule has 0 saturated carbocycles. The third-order valence-corrected chi connectivity index (χ3v) is 2.30. The van der Waals surface area contributed by atoms with Crippen LogP contribution in [0.2, 0.25) is 0 Å². The summed E-state index contributed by atoms with van der Waals surface area (Å²) in [5.74, 6) is -0.369. The van der Waals surface area contributed by atoms with Gasteiger partial charge in [0.15, 0.2) is 0 Å². The van der Waals surface area contributed by atoms with Crippen molar-refractivity contribution < 1.29 is 14.5 Å². The van der Waals surface area contributed by atoms with E-state index >= 15 is 0 Å². The van der Waals surface area contributed by atoms with Crippen LogP contribution in [0.1, 0.15) is 11.1 Å². The molecule has 6 heteroatoms. The number of methoxy groups -OCH3 is 1. The minimum absolute atomic E-state index is 0.0815. The first-order valence-corrected chi connectivity index (χ1v) is 5.06. The Balaban J connectivity index is 2.63. The summed E-state index contributed by atoms with van der Waals surface area (Å²) < 4.78 is 4.46. The van der Waals surface area contributed by atoms with Crippen LogP contribution in [0, 0.1) is 17.0 Å². The first-order valence-electron chi connectivity index (χ1n) is 5.06. The zero-order valence-electron chi connectivity index (χ0n) is 9.73. The minimum Gasteiger partial charge on any atom is -0.468 e. The summed E-state index contributed by atoms with van der Waals surface area (Å²) in [6.45, 7) is 2.15. The molecule has 1 aromatic carbocycles. The lowest BCUT2D eigenvalue weighted by molar-refractivity contribution is -0.385. The topological polar surface area (TPSA) is 81.5 Å². The molecule has 1 N–H and O–H groups in total. The summed E-state index contributed by atoms with van der Waals surface area (Å²) in [5, 5.41) is 13.6. The lowest BCUT2D eigenvalue weighted by atomic mass is 10.1. The van der Waals surface area contributed by atoms with E-state index in [-0.39, 0.29) is 18.2 Å². The number of ether oxygens (including phenoxy) is 1. The molecule has 1 aromatic rings. The maximum atomic E-state index is 10.8. The molecule has 0 fully saturated rings. The molecule has 0 atom stereocenters. The fourth-order valence-electron chi connectivity index (χ4n) is 1.34. The highest BCUT2D eigenvalue weighted by Gasteiger charge is 2.10.